The number of nitrogens with one attached hydrogen (secondary N) is 1. The lowest BCUT2D eigenvalue weighted by Gasteiger charge is -2.08. The van der Waals surface area contributed by atoms with Crippen molar-refractivity contribution in [2.24, 2.45) is 0 Å². The Labute approximate surface area is 104 Å². The minimum absolute atomic E-state index is 0.0888. The standard InChI is InChI=1S/C11H10FN3O2S/c1-8-3-2-4-9(11(8)12)18(16,17)15-10-5-6-13-7-14-10/h2-7H,1H3,(H,13,14,15). The molecule has 2 rings (SSSR count). The Morgan fingerprint density at radius 2 is 2.06 bits per heavy atom. The van der Waals surface area contributed by atoms with Gasteiger partial charge in [-0.3, -0.25) is 4.72 Å². The van der Waals surface area contributed by atoms with Gasteiger partial charge in [0.1, 0.15) is 22.9 Å². The van der Waals surface area contributed by atoms with E-state index in [2.05, 4.69) is 14.7 Å². The van der Waals surface area contributed by atoms with E-state index in [1.54, 1.807) is 0 Å². The quantitative estimate of drug-likeness (QED) is 0.919. The van der Waals surface area contributed by atoms with Crippen LogP contribution in [-0.2, 0) is 10.0 Å². The minimum atomic E-state index is -3.98. The number of anilines is 1. The topological polar surface area (TPSA) is 72.0 Å². The van der Waals surface area contributed by atoms with Gasteiger partial charge in [0.15, 0.2) is 0 Å². The highest BCUT2D eigenvalue weighted by molar-refractivity contribution is 7.92. The van der Waals surface area contributed by atoms with Crippen LogP contribution in [0.5, 0.6) is 0 Å². The number of halogens is 1. The van der Waals surface area contributed by atoms with Crippen LogP contribution < -0.4 is 4.72 Å². The molecule has 0 aliphatic heterocycles. The van der Waals surface area contributed by atoms with Crippen molar-refractivity contribution in [2.75, 3.05) is 4.72 Å². The summed E-state index contributed by atoms with van der Waals surface area (Å²) >= 11 is 0. The summed E-state index contributed by atoms with van der Waals surface area (Å²) in [5.74, 6) is -0.676. The molecule has 0 aliphatic rings. The largest absolute Gasteiger partial charge is 0.265 e. The van der Waals surface area contributed by atoms with Crippen molar-refractivity contribution in [3.05, 3.63) is 48.2 Å². The molecule has 0 bridgehead atoms. The van der Waals surface area contributed by atoms with E-state index in [4.69, 9.17) is 0 Å². The van der Waals surface area contributed by atoms with Gasteiger partial charge in [-0.05, 0) is 24.6 Å². The molecule has 1 aromatic carbocycles. The molecule has 1 aromatic heterocycles. The van der Waals surface area contributed by atoms with E-state index in [1.807, 2.05) is 0 Å². The van der Waals surface area contributed by atoms with Crippen LogP contribution in [0.3, 0.4) is 0 Å². The zero-order valence-corrected chi connectivity index (χ0v) is 10.3. The van der Waals surface area contributed by atoms with Gasteiger partial charge in [-0.25, -0.2) is 22.8 Å². The second-order valence-corrected chi connectivity index (χ2v) is 5.24. The first-order valence-electron chi connectivity index (χ1n) is 5.04. The predicted octanol–water partition coefficient (Wildman–Crippen LogP) is 1.72. The molecule has 7 heteroatoms. The first-order chi connectivity index (χ1) is 8.50. The van der Waals surface area contributed by atoms with Crippen LogP contribution in [0.1, 0.15) is 5.56 Å². The fourth-order valence-electron chi connectivity index (χ4n) is 1.37. The summed E-state index contributed by atoms with van der Waals surface area (Å²) < 4.78 is 39.9. The molecule has 5 nitrogen and oxygen atoms in total. The Bertz CT molecular complexity index is 659. The maximum Gasteiger partial charge on any atom is 0.265 e. The molecule has 0 fully saturated rings. The predicted molar refractivity (Wildman–Crippen MR) is 64.0 cm³/mol. The molecule has 0 atom stereocenters. The van der Waals surface area contributed by atoms with Gasteiger partial charge in [0, 0.05) is 6.20 Å². The van der Waals surface area contributed by atoms with E-state index in [-0.39, 0.29) is 11.4 Å². The lowest BCUT2D eigenvalue weighted by Crippen LogP contribution is -2.15. The number of sulfonamides is 1. The van der Waals surface area contributed by atoms with E-state index >= 15 is 0 Å². The SMILES string of the molecule is Cc1cccc(S(=O)(=O)Nc2ccncn2)c1F. The van der Waals surface area contributed by atoms with Crippen LogP contribution in [-0.4, -0.2) is 18.4 Å². The van der Waals surface area contributed by atoms with Crippen molar-refractivity contribution < 1.29 is 12.8 Å². The van der Waals surface area contributed by atoms with Crippen molar-refractivity contribution in [3.8, 4) is 0 Å². The number of nitrogens with zero attached hydrogens (tertiary/aromatic N) is 2. The summed E-state index contributed by atoms with van der Waals surface area (Å²) in [4.78, 5) is 6.98. The number of aromatic nitrogens is 2. The second-order valence-electron chi connectivity index (χ2n) is 3.59. The zero-order valence-electron chi connectivity index (χ0n) is 9.46. The van der Waals surface area contributed by atoms with Crippen LogP contribution in [0, 0.1) is 12.7 Å². The number of hydrogen-bond acceptors (Lipinski definition) is 4. The highest BCUT2D eigenvalue weighted by Gasteiger charge is 2.20. The maximum atomic E-state index is 13.7. The number of rotatable bonds is 3. The Balaban J connectivity index is 2.41. The summed E-state index contributed by atoms with van der Waals surface area (Å²) in [5, 5.41) is 0. The summed E-state index contributed by atoms with van der Waals surface area (Å²) in [5.41, 5.74) is 0.264. The van der Waals surface area contributed by atoms with Crippen LogP contribution in [0.25, 0.3) is 0 Å². The van der Waals surface area contributed by atoms with Crippen molar-refractivity contribution in [1.82, 2.24) is 9.97 Å². The average molecular weight is 267 g/mol. The summed E-state index contributed by atoms with van der Waals surface area (Å²) in [6.45, 7) is 1.50. The van der Waals surface area contributed by atoms with Gasteiger partial charge in [0.05, 0.1) is 0 Å². The maximum absolute atomic E-state index is 13.7. The van der Waals surface area contributed by atoms with Gasteiger partial charge in [-0.1, -0.05) is 12.1 Å². The molecular formula is C11H10FN3O2S. The van der Waals surface area contributed by atoms with Crippen molar-refractivity contribution >= 4 is 15.8 Å². The monoisotopic (exact) mass is 267 g/mol. The highest BCUT2D eigenvalue weighted by Crippen LogP contribution is 2.19. The third kappa shape index (κ3) is 2.45. The van der Waals surface area contributed by atoms with E-state index in [9.17, 15) is 12.8 Å². The first kappa shape index (κ1) is 12.4. The molecule has 2 aromatic rings. The highest BCUT2D eigenvalue weighted by atomic mass is 32.2. The fourth-order valence-corrected chi connectivity index (χ4v) is 2.53. The number of benzene rings is 1. The van der Waals surface area contributed by atoms with Gasteiger partial charge < -0.3 is 0 Å². The van der Waals surface area contributed by atoms with Crippen molar-refractivity contribution in [1.29, 1.82) is 0 Å². The minimum Gasteiger partial charge on any atom is -0.263 e. The van der Waals surface area contributed by atoms with Gasteiger partial charge >= 0.3 is 0 Å². The smallest absolute Gasteiger partial charge is 0.263 e. The summed E-state index contributed by atoms with van der Waals surface area (Å²) in [6, 6.07) is 5.56. The third-order valence-corrected chi connectivity index (χ3v) is 3.64. The molecule has 1 N–H and O–H groups in total. The average Bonchev–Trinajstić information content (AvgIpc) is 2.33. The zero-order chi connectivity index (χ0) is 13.2. The van der Waals surface area contributed by atoms with Crippen LogP contribution in [0.2, 0.25) is 0 Å². The molecule has 0 amide bonds. The molecule has 0 saturated carbocycles. The molecule has 94 valence electrons. The second kappa shape index (κ2) is 4.69. The van der Waals surface area contributed by atoms with Gasteiger partial charge in [0.25, 0.3) is 10.0 Å². The van der Waals surface area contributed by atoms with Gasteiger partial charge in [-0.2, -0.15) is 0 Å². The van der Waals surface area contributed by atoms with Crippen LogP contribution in [0.15, 0.2) is 41.7 Å². The summed E-state index contributed by atoms with van der Waals surface area (Å²) in [6.07, 6.45) is 2.59. The molecule has 0 spiro atoms. The Hall–Kier alpha value is -2.02. The fraction of sp³-hybridized carbons (Fsp3) is 0.0909. The van der Waals surface area contributed by atoms with E-state index in [1.165, 1.54) is 43.7 Å². The lowest BCUT2D eigenvalue weighted by molar-refractivity contribution is 0.565. The van der Waals surface area contributed by atoms with E-state index in [0.29, 0.717) is 0 Å². The molecular weight excluding hydrogens is 257 g/mol. The first-order valence-corrected chi connectivity index (χ1v) is 6.53. The molecule has 18 heavy (non-hydrogen) atoms. The van der Waals surface area contributed by atoms with Crippen LogP contribution >= 0.6 is 0 Å². The van der Waals surface area contributed by atoms with Crippen molar-refractivity contribution in [3.63, 3.8) is 0 Å². The molecule has 0 saturated heterocycles. The molecule has 0 aliphatic carbocycles. The molecule has 1 heterocycles. The lowest BCUT2D eigenvalue weighted by atomic mass is 10.2. The number of aryl methyl sites for hydroxylation is 1. The molecule has 0 radical (unpaired) electrons. The summed E-state index contributed by atoms with van der Waals surface area (Å²) in [7, 11) is -3.98. The Morgan fingerprint density at radius 3 is 2.72 bits per heavy atom. The van der Waals surface area contributed by atoms with Gasteiger partial charge in [-0.15, -0.1) is 0 Å². The Morgan fingerprint density at radius 1 is 1.28 bits per heavy atom. The van der Waals surface area contributed by atoms with E-state index in [0.717, 1.165) is 0 Å². The van der Waals surface area contributed by atoms with E-state index < -0.39 is 20.7 Å². The third-order valence-electron chi connectivity index (χ3n) is 2.27. The van der Waals surface area contributed by atoms with Crippen molar-refractivity contribution in [2.45, 2.75) is 11.8 Å². The normalized spacial score (nSPS) is 11.2. The molecule has 0 unspecified atom stereocenters. The van der Waals surface area contributed by atoms with Crippen LogP contribution in [0.4, 0.5) is 10.2 Å². The van der Waals surface area contributed by atoms with Gasteiger partial charge in [0.2, 0.25) is 0 Å². The number of hydrogen-bond donors (Lipinski definition) is 1. The Kier molecular flexibility index (Phi) is 3.24.